The summed E-state index contributed by atoms with van der Waals surface area (Å²) in [6.45, 7) is 3.19. The van der Waals surface area contributed by atoms with Crippen molar-refractivity contribution < 1.29 is 9.59 Å². The zero-order valence-corrected chi connectivity index (χ0v) is 17.8. The lowest BCUT2D eigenvalue weighted by Crippen LogP contribution is -2.46. The number of carbonyl (C=O) groups is 2. The molecule has 5 nitrogen and oxygen atoms in total. The summed E-state index contributed by atoms with van der Waals surface area (Å²) < 4.78 is 0. The molecular weight excluding hydrogens is 394 g/mol. The smallest absolute Gasteiger partial charge is 0.254 e. The topological polar surface area (TPSA) is 62.3 Å². The molecule has 0 unspecified atom stereocenters. The highest BCUT2D eigenvalue weighted by Crippen LogP contribution is 2.22. The molecule has 30 heavy (non-hydrogen) atoms. The number of rotatable bonds is 6. The standard InChI is InChI=1S/C24H25N3O2S/c1-17-26-21(16-30-17)19-11-9-18(10-12-19)13-14-25-23(28)22-8-5-15-27(22)24(29)20-6-3-2-4-7-20/h2-4,6-7,9-12,16,22H,5,8,13-15H2,1H3,(H,25,28)/t22-/m1/s1. The minimum atomic E-state index is -0.381. The number of benzene rings is 2. The minimum Gasteiger partial charge on any atom is -0.354 e. The number of amides is 2. The molecule has 1 N–H and O–H groups in total. The van der Waals surface area contributed by atoms with Gasteiger partial charge in [-0.05, 0) is 43.9 Å². The normalized spacial score (nSPS) is 15.9. The van der Waals surface area contributed by atoms with Gasteiger partial charge >= 0.3 is 0 Å². The first-order valence-electron chi connectivity index (χ1n) is 10.3. The summed E-state index contributed by atoms with van der Waals surface area (Å²) >= 11 is 1.65. The van der Waals surface area contributed by atoms with Crippen LogP contribution in [-0.2, 0) is 11.2 Å². The van der Waals surface area contributed by atoms with Gasteiger partial charge in [0.2, 0.25) is 5.91 Å². The van der Waals surface area contributed by atoms with Gasteiger partial charge in [-0.25, -0.2) is 4.98 Å². The molecule has 1 saturated heterocycles. The third kappa shape index (κ3) is 4.60. The van der Waals surface area contributed by atoms with Crippen molar-refractivity contribution in [1.82, 2.24) is 15.2 Å². The molecule has 0 aliphatic carbocycles. The number of nitrogens with zero attached hydrogens (tertiary/aromatic N) is 2. The number of aromatic nitrogens is 1. The van der Waals surface area contributed by atoms with Crippen LogP contribution in [0.25, 0.3) is 11.3 Å². The van der Waals surface area contributed by atoms with Gasteiger partial charge in [-0.2, -0.15) is 0 Å². The van der Waals surface area contributed by atoms with Gasteiger partial charge in [-0.15, -0.1) is 11.3 Å². The lowest BCUT2D eigenvalue weighted by molar-refractivity contribution is -0.124. The molecule has 0 radical (unpaired) electrons. The van der Waals surface area contributed by atoms with E-state index in [4.69, 9.17) is 0 Å². The van der Waals surface area contributed by atoms with Crippen LogP contribution in [0.15, 0.2) is 60.0 Å². The molecule has 1 aliphatic heterocycles. The van der Waals surface area contributed by atoms with Gasteiger partial charge in [-0.1, -0.05) is 42.5 Å². The predicted octanol–water partition coefficient (Wildman–Crippen LogP) is 4.08. The fourth-order valence-corrected chi connectivity index (χ4v) is 4.44. The first-order chi connectivity index (χ1) is 14.6. The summed E-state index contributed by atoms with van der Waals surface area (Å²) in [7, 11) is 0. The molecule has 1 aliphatic rings. The van der Waals surface area contributed by atoms with Crippen molar-refractivity contribution >= 4 is 23.2 Å². The molecule has 154 valence electrons. The molecule has 4 rings (SSSR count). The van der Waals surface area contributed by atoms with E-state index in [2.05, 4.69) is 39.9 Å². The molecule has 2 aromatic carbocycles. The summed E-state index contributed by atoms with van der Waals surface area (Å²) in [5, 5.41) is 6.14. The van der Waals surface area contributed by atoms with Gasteiger partial charge in [0.1, 0.15) is 6.04 Å². The van der Waals surface area contributed by atoms with Crippen LogP contribution in [0.4, 0.5) is 0 Å². The van der Waals surface area contributed by atoms with E-state index in [1.54, 1.807) is 28.4 Å². The monoisotopic (exact) mass is 419 g/mol. The molecule has 1 atom stereocenters. The van der Waals surface area contributed by atoms with E-state index in [1.165, 1.54) is 0 Å². The van der Waals surface area contributed by atoms with Crippen LogP contribution in [0.3, 0.4) is 0 Å². The maximum Gasteiger partial charge on any atom is 0.254 e. The van der Waals surface area contributed by atoms with Crippen molar-refractivity contribution in [3.63, 3.8) is 0 Å². The van der Waals surface area contributed by atoms with Gasteiger partial charge in [0.05, 0.1) is 10.7 Å². The Morgan fingerprint density at radius 1 is 1.13 bits per heavy atom. The van der Waals surface area contributed by atoms with Gasteiger partial charge in [0, 0.05) is 29.6 Å². The summed E-state index contributed by atoms with van der Waals surface area (Å²) in [6, 6.07) is 17.1. The Morgan fingerprint density at radius 2 is 1.90 bits per heavy atom. The second-order valence-electron chi connectivity index (χ2n) is 7.51. The molecular formula is C24H25N3O2S. The Hall–Kier alpha value is -2.99. The third-order valence-corrected chi connectivity index (χ3v) is 6.19. The molecule has 1 aromatic heterocycles. The zero-order chi connectivity index (χ0) is 20.9. The highest BCUT2D eigenvalue weighted by molar-refractivity contribution is 7.09. The van der Waals surface area contributed by atoms with Gasteiger partial charge in [0.15, 0.2) is 0 Å². The summed E-state index contributed by atoms with van der Waals surface area (Å²) in [5.41, 5.74) is 3.90. The Bertz CT molecular complexity index is 1010. The van der Waals surface area contributed by atoms with Crippen molar-refractivity contribution in [3.8, 4) is 11.3 Å². The average Bonchev–Trinajstić information content (AvgIpc) is 3.44. The number of aryl methyl sites for hydroxylation is 1. The maximum atomic E-state index is 12.7. The maximum absolute atomic E-state index is 12.7. The number of likely N-dealkylation sites (tertiary alicyclic amines) is 1. The highest BCUT2D eigenvalue weighted by Gasteiger charge is 2.34. The van der Waals surface area contributed by atoms with E-state index in [0.29, 0.717) is 25.1 Å². The minimum absolute atomic E-state index is 0.0636. The first-order valence-corrected chi connectivity index (χ1v) is 11.1. The highest BCUT2D eigenvalue weighted by atomic mass is 32.1. The van der Waals surface area contributed by atoms with Crippen LogP contribution < -0.4 is 5.32 Å². The van der Waals surface area contributed by atoms with Crippen molar-refractivity contribution in [2.45, 2.75) is 32.2 Å². The molecule has 6 heteroatoms. The quantitative estimate of drug-likeness (QED) is 0.655. The fourth-order valence-electron chi connectivity index (χ4n) is 3.81. The number of thiazole rings is 1. The van der Waals surface area contributed by atoms with Crippen LogP contribution in [0, 0.1) is 6.92 Å². The van der Waals surface area contributed by atoms with Crippen LogP contribution in [-0.4, -0.2) is 40.8 Å². The van der Waals surface area contributed by atoms with Crippen LogP contribution >= 0.6 is 11.3 Å². The number of hydrogen-bond acceptors (Lipinski definition) is 4. The Morgan fingerprint density at radius 3 is 2.60 bits per heavy atom. The molecule has 0 bridgehead atoms. The largest absolute Gasteiger partial charge is 0.354 e. The third-order valence-electron chi connectivity index (χ3n) is 5.42. The van der Waals surface area contributed by atoms with Gasteiger partial charge in [0.25, 0.3) is 5.91 Å². The lowest BCUT2D eigenvalue weighted by Gasteiger charge is -2.24. The van der Waals surface area contributed by atoms with E-state index in [-0.39, 0.29) is 17.9 Å². The van der Waals surface area contributed by atoms with Gasteiger partial charge < -0.3 is 10.2 Å². The van der Waals surface area contributed by atoms with E-state index in [1.807, 2.05) is 25.1 Å². The fraction of sp³-hybridized carbons (Fsp3) is 0.292. The van der Waals surface area contributed by atoms with Crippen molar-refractivity contribution in [2.75, 3.05) is 13.1 Å². The second kappa shape index (κ2) is 9.22. The van der Waals surface area contributed by atoms with E-state index in [9.17, 15) is 9.59 Å². The molecule has 2 heterocycles. The zero-order valence-electron chi connectivity index (χ0n) is 17.0. The van der Waals surface area contributed by atoms with Crippen molar-refractivity contribution in [2.24, 2.45) is 0 Å². The Kier molecular flexibility index (Phi) is 6.23. The Labute approximate surface area is 180 Å². The number of hydrogen-bond donors (Lipinski definition) is 1. The van der Waals surface area contributed by atoms with E-state index in [0.717, 1.165) is 34.7 Å². The molecule has 2 amide bonds. The summed E-state index contributed by atoms with van der Waals surface area (Å²) in [5.74, 6) is -0.132. The van der Waals surface area contributed by atoms with E-state index >= 15 is 0 Å². The number of nitrogens with one attached hydrogen (secondary N) is 1. The van der Waals surface area contributed by atoms with Crippen LogP contribution in [0.5, 0.6) is 0 Å². The Balaban J connectivity index is 1.30. The lowest BCUT2D eigenvalue weighted by atomic mass is 10.1. The van der Waals surface area contributed by atoms with Crippen LogP contribution in [0.1, 0.15) is 33.8 Å². The second-order valence-corrected chi connectivity index (χ2v) is 8.57. The average molecular weight is 420 g/mol. The molecule has 0 saturated carbocycles. The predicted molar refractivity (Wildman–Crippen MR) is 120 cm³/mol. The van der Waals surface area contributed by atoms with Crippen molar-refractivity contribution in [1.29, 1.82) is 0 Å². The summed E-state index contributed by atoms with van der Waals surface area (Å²) in [6.07, 6.45) is 2.32. The number of carbonyl (C=O) groups excluding carboxylic acids is 2. The van der Waals surface area contributed by atoms with Crippen molar-refractivity contribution in [3.05, 3.63) is 76.1 Å². The van der Waals surface area contributed by atoms with E-state index < -0.39 is 0 Å². The molecule has 0 spiro atoms. The SMILES string of the molecule is Cc1nc(-c2ccc(CCNC(=O)[C@H]3CCCN3C(=O)c3ccccc3)cc2)cs1. The van der Waals surface area contributed by atoms with Gasteiger partial charge in [-0.3, -0.25) is 9.59 Å². The first kappa shape index (κ1) is 20.3. The molecule has 1 fully saturated rings. The van der Waals surface area contributed by atoms with Crippen LogP contribution in [0.2, 0.25) is 0 Å². The summed E-state index contributed by atoms with van der Waals surface area (Å²) in [4.78, 5) is 31.7. The molecule has 3 aromatic rings.